The fourth-order valence-electron chi connectivity index (χ4n) is 2.03. The van der Waals surface area contributed by atoms with Crippen molar-refractivity contribution in [2.24, 2.45) is 0 Å². The van der Waals surface area contributed by atoms with Gasteiger partial charge in [0, 0.05) is 5.39 Å². The summed E-state index contributed by atoms with van der Waals surface area (Å²) < 4.78 is 9.99. The zero-order valence-corrected chi connectivity index (χ0v) is 12.3. The van der Waals surface area contributed by atoms with E-state index < -0.39 is 11.9 Å². The van der Waals surface area contributed by atoms with Crippen molar-refractivity contribution in [1.82, 2.24) is 4.98 Å². The molecule has 110 valence electrons. The van der Waals surface area contributed by atoms with Crippen LogP contribution in [0.15, 0.2) is 24.3 Å². The minimum absolute atomic E-state index is 0.109. The molecular weight excluding hydrogens is 270 g/mol. The van der Waals surface area contributed by atoms with E-state index in [4.69, 9.17) is 9.47 Å². The van der Waals surface area contributed by atoms with Gasteiger partial charge in [0.2, 0.25) is 0 Å². The molecule has 0 bridgehead atoms. The number of aromatic nitrogens is 1. The number of rotatable bonds is 4. The van der Waals surface area contributed by atoms with E-state index in [0.29, 0.717) is 16.5 Å². The number of benzene rings is 1. The molecule has 0 saturated heterocycles. The van der Waals surface area contributed by atoms with E-state index in [1.807, 2.05) is 19.1 Å². The Kier molecular flexibility index (Phi) is 4.52. The SMILES string of the molecule is CCOC(=O)c1cc(C(=O)OCC)c2ccc(C)cc2n1. The lowest BCUT2D eigenvalue weighted by atomic mass is 10.1. The van der Waals surface area contributed by atoms with Crippen molar-refractivity contribution >= 4 is 22.8 Å². The summed E-state index contributed by atoms with van der Waals surface area (Å²) in [6, 6.07) is 6.93. The lowest BCUT2D eigenvalue weighted by molar-refractivity contribution is 0.0519. The third kappa shape index (κ3) is 3.18. The standard InChI is InChI=1S/C16H17NO4/c1-4-20-15(18)12-9-14(16(19)21-5-2)17-13-8-10(3)6-7-11(12)13/h6-9H,4-5H2,1-3H3. The smallest absolute Gasteiger partial charge is 0.356 e. The Morgan fingerprint density at radius 2 is 1.71 bits per heavy atom. The zero-order chi connectivity index (χ0) is 15.4. The molecule has 0 fully saturated rings. The van der Waals surface area contributed by atoms with E-state index in [9.17, 15) is 9.59 Å². The lowest BCUT2D eigenvalue weighted by Crippen LogP contribution is -2.12. The Labute approximate surface area is 122 Å². The van der Waals surface area contributed by atoms with Crippen LogP contribution in [0.25, 0.3) is 10.9 Å². The number of aryl methyl sites for hydroxylation is 1. The minimum Gasteiger partial charge on any atom is -0.462 e. The van der Waals surface area contributed by atoms with Crippen molar-refractivity contribution < 1.29 is 19.1 Å². The van der Waals surface area contributed by atoms with Crippen LogP contribution >= 0.6 is 0 Å². The van der Waals surface area contributed by atoms with Gasteiger partial charge in [0.1, 0.15) is 5.69 Å². The van der Waals surface area contributed by atoms with Crippen LogP contribution in [0.4, 0.5) is 0 Å². The Morgan fingerprint density at radius 1 is 1.05 bits per heavy atom. The summed E-state index contributed by atoms with van der Waals surface area (Å²) in [5.74, 6) is -1.02. The van der Waals surface area contributed by atoms with E-state index in [-0.39, 0.29) is 18.9 Å². The molecule has 0 atom stereocenters. The highest BCUT2D eigenvalue weighted by Crippen LogP contribution is 2.21. The van der Waals surface area contributed by atoms with Crippen LogP contribution in [-0.2, 0) is 9.47 Å². The summed E-state index contributed by atoms with van der Waals surface area (Å²) in [6.45, 7) is 5.89. The second-order valence-electron chi connectivity index (χ2n) is 4.52. The molecule has 21 heavy (non-hydrogen) atoms. The van der Waals surface area contributed by atoms with Gasteiger partial charge in [-0.3, -0.25) is 0 Å². The van der Waals surface area contributed by atoms with Gasteiger partial charge < -0.3 is 9.47 Å². The Balaban J connectivity index is 2.62. The van der Waals surface area contributed by atoms with Crippen LogP contribution in [0.3, 0.4) is 0 Å². The average Bonchev–Trinajstić information content (AvgIpc) is 2.46. The van der Waals surface area contributed by atoms with E-state index in [1.54, 1.807) is 19.9 Å². The van der Waals surface area contributed by atoms with Gasteiger partial charge in [-0.15, -0.1) is 0 Å². The molecule has 1 heterocycles. The predicted octanol–water partition coefficient (Wildman–Crippen LogP) is 2.90. The molecule has 0 spiro atoms. The first-order valence-corrected chi connectivity index (χ1v) is 6.82. The molecule has 2 aromatic rings. The number of fused-ring (bicyclic) bond motifs is 1. The van der Waals surface area contributed by atoms with Gasteiger partial charge in [-0.2, -0.15) is 0 Å². The number of nitrogens with zero attached hydrogens (tertiary/aromatic N) is 1. The highest BCUT2D eigenvalue weighted by Gasteiger charge is 2.18. The van der Waals surface area contributed by atoms with Crippen molar-refractivity contribution in [3.05, 3.63) is 41.1 Å². The summed E-state index contributed by atoms with van der Waals surface area (Å²) in [6.07, 6.45) is 0. The molecule has 1 aromatic carbocycles. The largest absolute Gasteiger partial charge is 0.462 e. The number of ether oxygens (including phenoxy) is 2. The van der Waals surface area contributed by atoms with Gasteiger partial charge >= 0.3 is 11.9 Å². The van der Waals surface area contributed by atoms with Crippen LogP contribution in [0.5, 0.6) is 0 Å². The molecule has 5 heteroatoms. The van der Waals surface area contributed by atoms with Gasteiger partial charge in [-0.05, 0) is 38.5 Å². The summed E-state index contributed by atoms with van der Waals surface area (Å²) in [4.78, 5) is 28.2. The Morgan fingerprint density at radius 3 is 2.38 bits per heavy atom. The van der Waals surface area contributed by atoms with Gasteiger partial charge in [-0.25, -0.2) is 14.6 Å². The third-order valence-corrected chi connectivity index (χ3v) is 2.95. The van der Waals surface area contributed by atoms with Crippen molar-refractivity contribution in [1.29, 1.82) is 0 Å². The molecule has 5 nitrogen and oxygen atoms in total. The molecule has 0 aliphatic heterocycles. The second kappa shape index (κ2) is 6.35. The number of hydrogen-bond donors (Lipinski definition) is 0. The lowest BCUT2D eigenvalue weighted by Gasteiger charge is -2.09. The second-order valence-corrected chi connectivity index (χ2v) is 4.52. The fourth-order valence-corrected chi connectivity index (χ4v) is 2.03. The Bertz CT molecular complexity index is 694. The number of hydrogen-bond acceptors (Lipinski definition) is 5. The number of carbonyl (C=O) groups is 2. The summed E-state index contributed by atoms with van der Waals surface area (Å²) in [5, 5.41) is 0.659. The van der Waals surface area contributed by atoms with E-state index in [2.05, 4.69) is 4.98 Å². The van der Waals surface area contributed by atoms with Crippen molar-refractivity contribution in [2.45, 2.75) is 20.8 Å². The van der Waals surface area contributed by atoms with Gasteiger partial charge in [0.15, 0.2) is 0 Å². The van der Waals surface area contributed by atoms with Crippen molar-refractivity contribution in [3.8, 4) is 0 Å². The highest BCUT2D eigenvalue weighted by atomic mass is 16.5. The van der Waals surface area contributed by atoms with Crippen LogP contribution in [0.1, 0.15) is 40.3 Å². The summed E-state index contributed by atoms with van der Waals surface area (Å²) >= 11 is 0. The van der Waals surface area contributed by atoms with Gasteiger partial charge in [0.25, 0.3) is 0 Å². The number of pyridine rings is 1. The molecule has 2 rings (SSSR count). The maximum Gasteiger partial charge on any atom is 0.356 e. The third-order valence-electron chi connectivity index (χ3n) is 2.95. The molecular formula is C16H17NO4. The minimum atomic E-state index is -0.550. The molecule has 0 saturated carbocycles. The molecule has 0 aliphatic carbocycles. The van der Waals surface area contributed by atoms with E-state index >= 15 is 0 Å². The highest BCUT2D eigenvalue weighted by molar-refractivity contribution is 6.05. The van der Waals surface area contributed by atoms with Crippen LogP contribution in [0, 0.1) is 6.92 Å². The van der Waals surface area contributed by atoms with Crippen LogP contribution in [-0.4, -0.2) is 30.1 Å². The molecule has 0 aliphatic rings. The van der Waals surface area contributed by atoms with Crippen molar-refractivity contribution in [2.75, 3.05) is 13.2 Å². The first-order valence-electron chi connectivity index (χ1n) is 6.82. The van der Waals surface area contributed by atoms with E-state index in [0.717, 1.165) is 5.56 Å². The Hall–Kier alpha value is -2.43. The molecule has 0 N–H and O–H groups in total. The predicted molar refractivity (Wildman–Crippen MR) is 78.4 cm³/mol. The quantitative estimate of drug-likeness (QED) is 0.809. The first kappa shape index (κ1) is 15.0. The summed E-state index contributed by atoms with van der Waals surface area (Å²) in [5.41, 5.74) is 2.00. The molecule has 0 radical (unpaired) electrons. The number of esters is 2. The zero-order valence-electron chi connectivity index (χ0n) is 12.3. The summed E-state index contributed by atoms with van der Waals surface area (Å²) in [7, 11) is 0. The maximum atomic E-state index is 12.1. The molecule has 0 unspecified atom stereocenters. The fraction of sp³-hybridized carbons (Fsp3) is 0.312. The average molecular weight is 287 g/mol. The van der Waals surface area contributed by atoms with Gasteiger partial charge in [-0.1, -0.05) is 12.1 Å². The molecule has 0 amide bonds. The normalized spacial score (nSPS) is 10.4. The molecule has 1 aromatic heterocycles. The maximum absolute atomic E-state index is 12.1. The van der Waals surface area contributed by atoms with Crippen LogP contribution in [0.2, 0.25) is 0 Å². The van der Waals surface area contributed by atoms with Crippen molar-refractivity contribution in [3.63, 3.8) is 0 Å². The van der Waals surface area contributed by atoms with E-state index in [1.165, 1.54) is 6.07 Å². The first-order chi connectivity index (χ1) is 10.1. The monoisotopic (exact) mass is 287 g/mol. The van der Waals surface area contributed by atoms with Crippen LogP contribution < -0.4 is 0 Å². The van der Waals surface area contributed by atoms with Gasteiger partial charge in [0.05, 0.1) is 24.3 Å². The number of carbonyl (C=O) groups excluding carboxylic acids is 2. The topological polar surface area (TPSA) is 65.5 Å².